The van der Waals surface area contributed by atoms with Gasteiger partial charge in [0.15, 0.2) is 0 Å². The molecule has 0 unspecified atom stereocenters. The lowest BCUT2D eigenvalue weighted by atomic mass is 10.1. The minimum absolute atomic E-state index is 0.292. The Bertz CT molecular complexity index is 1560. The number of thiophene rings is 1. The first-order valence-corrected chi connectivity index (χ1v) is 12.6. The fourth-order valence-corrected chi connectivity index (χ4v) is 5.37. The molecule has 3 aromatic carbocycles. The quantitative estimate of drug-likeness (QED) is 0.228. The molecule has 0 aliphatic heterocycles. The monoisotopic (exact) mass is 535 g/mol. The van der Waals surface area contributed by atoms with E-state index >= 15 is 0 Å². The summed E-state index contributed by atoms with van der Waals surface area (Å²) in [6.45, 7) is 2.04. The van der Waals surface area contributed by atoms with E-state index in [9.17, 15) is 9.59 Å². The second-order valence-corrected chi connectivity index (χ2v) is 9.59. The number of halogens is 2. The van der Waals surface area contributed by atoms with Gasteiger partial charge in [0.05, 0.1) is 28.3 Å². The van der Waals surface area contributed by atoms with Crippen LogP contribution in [0.4, 0.5) is 5.69 Å². The molecule has 2 heterocycles. The Morgan fingerprint density at radius 2 is 1.67 bits per heavy atom. The van der Waals surface area contributed by atoms with Gasteiger partial charge in [0.2, 0.25) is 0 Å². The minimum Gasteiger partial charge on any atom is -0.462 e. The summed E-state index contributed by atoms with van der Waals surface area (Å²) < 4.78 is 6.80. The molecular weight excluding hydrogens is 517 g/mol. The number of nitrogens with zero attached hydrogens (tertiary/aromatic N) is 2. The largest absolute Gasteiger partial charge is 0.462 e. The molecule has 9 heteroatoms. The number of esters is 1. The van der Waals surface area contributed by atoms with Crippen LogP contribution in [0.25, 0.3) is 27.2 Å². The Morgan fingerprint density at radius 1 is 0.972 bits per heavy atom. The molecule has 0 aliphatic rings. The minimum atomic E-state index is -0.414. The highest BCUT2D eigenvalue weighted by molar-refractivity contribution is 7.21. The van der Waals surface area contributed by atoms with E-state index in [1.165, 1.54) is 11.3 Å². The van der Waals surface area contributed by atoms with E-state index < -0.39 is 5.97 Å². The molecule has 0 atom stereocenters. The number of carbonyl (C=O) groups excluding carboxylic acids is 2. The van der Waals surface area contributed by atoms with E-state index in [0.717, 1.165) is 16.1 Å². The van der Waals surface area contributed by atoms with Gasteiger partial charge < -0.3 is 10.1 Å². The smallest absolute Gasteiger partial charge is 0.338 e. The molecule has 0 saturated carbocycles. The molecule has 6 nitrogen and oxygen atoms in total. The van der Waals surface area contributed by atoms with E-state index in [4.69, 9.17) is 33.0 Å². The van der Waals surface area contributed by atoms with Gasteiger partial charge in [-0.2, -0.15) is 5.10 Å². The van der Waals surface area contributed by atoms with E-state index in [1.807, 2.05) is 42.5 Å². The molecule has 1 N–H and O–H groups in total. The van der Waals surface area contributed by atoms with Crippen LogP contribution in [0.5, 0.6) is 0 Å². The van der Waals surface area contributed by atoms with Crippen LogP contribution in [-0.4, -0.2) is 28.3 Å². The zero-order valence-corrected chi connectivity index (χ0v) is 21.3. The third-order valence-corrected chi connectivity index (χ3v) is 7.35. The molecule has 0 spiro atoms. The predicted octanol–water partition coefficient (Wildman–Crippen LogP) is 7.49. The average Bonchev–Trinajstić information content (AvgIpc) is 3.43. The van der Waals surface area contributed by atoms with Crippen LogP contribution >= 0.6 is 34.5 Å². The lowest BCUT2D eigenvalue weighted by Crippen LogP contribution is -2.11. The van der Waals surface area contributed by atoms with E-state index in [0.29, 0.717) is 43.9 Å². The summed E-state index contributed by atoms with van der Waals surface area (Å²) >= 11 is 14.2. The van der Waals surface area contributed by atoms with Crippen molar-refractivity contribution in [1.82, 2.24) is 9.78 Å². The zero-order valence-electron chi connectivity index (χ0n) is 19.0. The lowest BCUT2D eigenvalue weighted by Gasteiger charge is -2.06. The van der Waals surface area contributed by atoms with E-state index in [-0.39, 0.29) is 5.91 Å². The van der Waals surface area contributed by atoms with Crippen molar-refractivity contribution >= 4 is 62.3 Å². The van der Waals surface area contributed by atoms with Crippen molar-refractivity contribution in [1.29, 1.82) is 0 Å². The number of aromatic nitrogens is 2. The number of ether oxygens (including phenoxy) is 1. The Hall–Kier alpha value is -3.65. The summed E-state index contributed by atoms with van der Waals surface area (Å²) in [7, 11) is 0. The first-order valence-electron chi connectivity index (χ1n) is 11.1. The highest BCUT2D eigenvalue weighted by Crippen LogP contribution is 2.42. The van der Waals surface area contributed by atoms with Crippen LogP contribution < -0.4 is 5.32 Å². The molecule has 0 saturated heterocycles. The van der Waals surface area contributed by atoms with Gasteiger partial charge in [-0.3, -0.25) is 4.79 Å². The third-order valence-electron chi connectivity index (χ3n) is 5.44. The Morgan fingerprint density at radius 3 is 2.33 bits per heavy atom. The molecule has 5 aromatic rings. The predicted molar refractivity (Wildman–Crippen MR) is 145 cm³/mol. The molecule has 5 rings (SSSR count). The molecule has 36 heavy (non-hydrogen) atoms. The normalized spacial score (nSPS) is 11.0. The molecule has 0 bridgehead atoms. The van der Waals surface area contributed by atoms with Crippen LogP contribution in [-0.2, 0) is 4.74 Å². The number of anilines is 1. The number of fused-ring (bicyclic) bond motifs is 1. The Labute approximate surface area is 221 Å². The maximum absolute atomic E-state index is 13.2. The van der Waals surface area contributed by atoms with Crippen LogP contribution in [0.1, 0.15) is 27.0 Å². The van der Waals surface area contributed by atoms with Crippen molar-refractivity contribution in [3.8, 4) is 16.9 Å². The number of rotatable bonds is 6. The molecule has 2 aromatic heterocycles. The first kappa shape index (κ1) is 24.1. The second kappa shape index (κ2) is 10.1. The summed E-state index contributed by atoms with van der Waals surface area (Å²) in [6.07, 6.45) is 0. The average molecular weight is 536 g/mol. The molecule has 1 amide bonds. The molecule has 0 fully saturated rings. The number of amides is 1. The van der Waals surface area contributed by atoms with Gasteiger partial charge in [0, 0.05) is 16.3 Å². The van der Waals surface area contributed by atoms with E-state index in [2.05, 4.69) is 5.32 Å². The second-order valence-electron chi connectivity index (χ2n) is 7.78. The fourth-order valence-electron chi connectivity index (χ4n) is 3.74. The summed E-state index contributed by atoms with van der Waals surface area (Å²) in [6, 6.07) is 23.5. The van der Waals surface area contributed by atoms with Crippen molar-refractivity contribution < 1.29 is 14.3 Å². The number of hydrogen-bond donors (Lipinski definition) is 1. The number of carbonyl (C=O) groups is 2. The van der Waals surface area contributed by atoms with Gasteiger partial charge in [-0.1, -0.05) is 53.5 Å². The van der Waals surface area contributed by atoms with Crippen molar-refractivity contribution in [2.75, 3.05) is 11.9 Å². The summed E-state index contributed by atoms with van der Waals surface area (Å²) in [4.78, 5) is 26.2. The summed E-state index contributed by atoms with van der Waals surface area (Å²) in [5.41, 5.74) is 3.28. The van der Waals surface area contributed by atoms with Crippen molar-refractivity contribution in [2.45, 2.75) is 6.92 Å². The third kappa shape index (κ3) is 4.60. The van der Waals surface area contributed by atoms with Gasteiger partial charge in [0.25, 0.3) is 5.91 Å². The fraction of sp³-hybridized carbons (Fsp3) is 0.0741. The molecule has 180 valence electrons. The maximum atomic E-state index is 13.2. The van der Waals surface area contributed by atoms with Gasteiger partial charge >= 0.3 is 5.97 Å². The number of hydrogen-bond acceptors (Lipinski definition) is 5. The van der Waals surface area contributed by atoms with Crippen LogP contribution in [0, 0.1) is 0 Å². The highest BCUT2D eigenvalue weighted by Gasteiger charge is 2.25. The number of para-hydroxylation sites is 1. The van der Waals surface area contributed by atoms with Crippen LogP contribution in [0.3, 0.4) is 0 Å². The van der Waals surface area contributed by atoms with Gasteiger partial charge in [-0.15, -0.1) is 11.3 Å². The number of nitrogens with one attached hydrogen (secondary N) is 1. The zero-order chi connectivity index (χ0) is 25.2. The van der Waals surface area contributed by atoms with Crippen LogP contribution in [0.15, 0.2) is 78.9 Å². The molecular formula is C27H19Cl2N3O3S. The topological polar surface area (TPSA) is 73.2 Å². The molecule has 0 aliphatic carbocycles. The summed E-state index contributed by atoms with van der Waals surface area (Å²) in [5.74, 6) is -0.769. The standard InChI is InChI=1S/C27H19Cl2N3O3S/c1-2-35-27(34)17-10-14-19(15-11-17)30-25(33)24-22(29)21-23(16-8-12-18(28)13-9-16)31-32(26(21)36-24)20-6-4-3-5-7-20/h3-15H,2H2,1H3,(H,30,33). The van der Waals surface area contributed by atoms with Gasteiger partial charge in [0.1, 0.15) is 15.4 Å². The van der Waals surface area contributed by atoms with Crippen LogP contribution in [0.2, 0.25) is 10.0 Å². The maximum Gasteiger partial charge on any atom is 0.338 e. The van der Waals surface area contributed by atoms with Gasteiger partial charge in [-0.25, -0.2) is 9.48 Å². The van der Waals surface area contributed by atoms with Crippen molar-refractivity contribution in [3.63, 3.8) is 0 Å². The number of benzene rings is 3. The molecule has 0 radical (unpaired) electrons. The van der Waals surface area contributed by atoms with Gasteiger partial charge in [-0.05, 0) is 55.5 Å². The van der Waals surface area contributed by atoms with E-state index in [1.54, 1.807) is 48.0 Å². The summed E-state index contributed by atoms with van der Waals surface area (Å²) in [5, 5.41) is 9.32. The van der Waals surface area contributed by atoms with Crippen molar-refractivity contribution in [3.05, 3.63) is 99.3 Å². The highest BCUT2D eigenvalue weighted by atomic mass is 35.5. The Balaban J connectivity index is 1.54. The first-order chi connectivity index (χ1) is 17.5. The lowest BCUT2D eigenvalue weighted by molar-refractivity contribution is 0.0526. The Kier molecular flexibility index (Phi) is 6.78. The SMILES string of the molecule is CCOC(=O)c1ccc(NC(=O)c2sc3c(c(-c4ccc(Cl)cc4)nn3-c3ccccc3)c2Cl)cc1. The van der Waals surface area contributed by atoms with Crippen molar-refractivity contribution in [2.24, 2.45) is 0 Å².